The minimum absolute atomic E-state index is 0.205. The molecule has 0 aromatic heterocycles. The summed E-state index contributed by atoms with van der Waals surface area (Å²) in [6.07, 6.45) is 2.57. The number of rotatable bonds is 5. The minimum Gasteiger partial charge on any atom is -0.364 e. The van der Waals surface area contributed by atoms with E-state index in [1.165, 1.54) is 6.42 Å². The Balaban J connectivity index is 0. The van der Waals surface area contributed by atoms with Gasteiger partial charge in [0.2, 0.25) is 0 Å². The molecule has 0 saturated heterocycles. The summed E-state index contributed by atoms with van der Waals surface area (Å²) < 4.78 is 5.32. The molecule has 0 spiro atoms. The van der Waals surface area contributed by atoms with E-state index in [1.54, 1.807) is 0 Å². The van der Waals surface area contributed by atoms with Crippen molar-refractivity contribution in [2.45, 2.75) is 46.8 Å². The number of nitrogens with one attached hydrogen (secondary N) is 1. The van der Waals surface area contributed by atoms with Crippen LogP contribution in [-0.2, 0) is 4.74 Å². The topological polar surface area (TPSA) is 21.3 Å². The number of hydrogen-bond donors (Lipinski definition) is 1. The van der Waals surface area contributed by atoms with Gasteiger partial charge in [-0.25, -0.2) is 0 Å². The molecule has 1 unspecified atom stereocenters. The van der Waals surface area contributed by atoms with Crippen molar-refractivity contribution in [1.82, 2.24) is 5.32 Å². The largest absolute Gasteiger partial charge is 0.364 e. The van der Waals surface area contributed by atoms with E-state index in [2.05, 4.69) is 12.2 Å². The van der Waals surface area contributed by atoms with Crippen LogP contribution in [0.3, 0.4) is 0 Å². The second-order valence-corrected chi connectivity index (χ2v) is 2.16. The summed E-state index contributed by atoms with van der Waals surface area (Å²) in [7, 11) is 1.90. The van der Waals surface area contributed by atoms with Gasteiger partial charge in [-0.2, -0.15) is 0 Å². The molecule has 1 atom stereocenters. The third-order valence-corrected chi connectivity index (χ3v) is 1.27. The van der Waals surface area contributed by atoms with Crippen molar-refractivity contribution in [3.8, 4) is 0 Å². The molecule has 2 heteroatoms. The average Bonchev–Trinajstić information content (AvgIpc) is 2.08. The average molecular weight is 161 g/mol. The van der Waals surface area contributed by atoms with Crippen molar-refractivity contribution in [3.63, 3.8) is 0 Å². The van der Waals surface area contributed by atoms with Crippen LogP contribution in [0.5, 0.6) is 0 Å². The van der Waals surface area contributed by atoms with Gasteiger partial charge in [-0.1, -0.05) is 27.2 Å². The van der Waals surface area contributed by atoms with Crippen LogP contribution < -0.4 is 5.32 Å². The Kier molecular flexibility index (Phi) is 15.4. The molecule has 0 saturated carbocycles. The molecule has 0 aliphatic carbocycles. The predicted molar refractivity (Wildman–Crippen MR) is 50.7 cm³/mol. The van der Waals surface area contributed by atoms with E-state index in [4.69, 9.17) is 4.74 Å². The second-order valence-electron chi connectivity index (χ2n) is 2.16. The lowest BCUT2D eigenvalue weighted by molar-refractivity contribution is 0.0464. The van der Waals surface area contributed by atoms with E-state index in [9.17, 15) is 0 Å². The highest BCUT2D eigenvalue weighted by Gasteiger charge is 1.93. The smallest absolute Gasteiger partial charge is 0.105 e. The second kappa shape index (κ2) is 12.6. The summed E-state index contributed by atoms with van der Waals surface area (Å²) in [4.78, 5) is 0. The van der Waals surface area contributed by atoms with E-state index >= 15 is 0 Å². The molecule has 0 aromatic carbocycles. The van der Waals surface area contributed by atoms with Crippen molar-refractivity contribution in [1.29, 1.82) is 0 Å². The molecule has 0 aliphatic rings. The van der Waals surface area contributed by atoms with E-state index in [-0.39, 0.29) is 6.23 Å². The van der Waals surface area contributed by atoms with E-state index in [1.807, 2.05) is 27.8 Å². The Morgan fingerprint density at radius 1 is 1.36 bits per heavy atom. The van der Waals surface area contributed by atoms with Crippen molar-refractivity contribution in [2.24, 2.45) is 0 Å². The van der Waals surface area contributed by atoms with Crippen molar-refractivity contribution >= 4 is 0 Å². The fourth-order valence-corrected chi connectivity index (χ4v) is 0.488. The van der Waals surface area contributed by atoms with Gasteiger partial charge in [-0.05, 0) is 20.4 Å². The van der Waals surface area contributed by atoms with Crippen LogP contribution in [0.25, 0.3) is 0 Å². The molecule has 0 aromatic rings. The number of ether oxygens (including phenoxy) is 1. The molecule has 0 heterocycles. The zero-order valence-electron chi connectivity index (χ0n) is 8.61. The molecule has 0 amide bonds. The van der Waals surface area contributed by atoms with E-state index in [0.717, 1.165) is 13.0 Å². The molecule has 11 heavy (non-hydrogen) atoms. The highest BCUT2D eigenvalue weighted by atomic mass is 16.5. The Morgan fingerprint density at radius 2 is 1.91 bits per heavy atom. The van der Waals surface area contributed by atoms with Crippen LogP contribution in [0.15, 0.2) is 0 Å². The highest BCUT2D eigenvalue weighted by molar-refractivity contribution is 4.39. The zero-order valence-corrected chi connectivity index (χ0v) is 8.61. The molecule has 0 radical (unpaired) electrons. The fourth-order valence-electron chi connectivity index (χ4n) is 0.488. The van der Waals surface area contributed by atoms with Gasteiger partial charge in [0.25, 0.3) is 0 Å². The van der Waals surface area contributed by atoms with E-state index < -0.39 is 0 Å². The molecule has 70 valence electrons. The maximum absolute atomic E-state index is 5.32. The standard InChI is InChI=1S/C7H17NO.C2H6/c1-4-5-6-9-7(2)8-3;1-2/h7-8H,4-6H2,1-3H3;1-2H3. The first-order valence-corrected chi connectivity index (χ1v) is 4.60. The zero-order chi connectivity index (χ0) is 9.11. The summed E-state index contributed by atoms with van der Waals surface area (Å²) in [5, 5.41) is 3.00. The SMILES string of the molecule is CC.CCCCOC(C)NC. The van der Waals surface area contributed by atoms with Crippen LogP contribution in [0.1, 0.15) is 40.5 Å². The van der Waals surface area contributed by atoms with Gasteiger partial charge >= 0.3 is 0 Å². The highest BCUT2D eigenvalue weighted by Crippen LogP contribution is 1.90. The maximum atomic E-state index is 5.32. The van der Waals surface area contributed by atoms with Gasteiger partial charge in [0.1, 0.15) is 6.23 Å². The maximum Gasteiger partial charge on any atom is 0.105 e. The normalized spacial score (nSPS) is 11.7. The number of hydrogen-bond acceptors (Lipinski definition) is 2. The van der Waals surface area contributed by atoms with Gasteiger partial charge in [0.15, 0.2) is 0 Å². The Hall–Kier alpha value is -0.0800. The molecular formula is C9H23NO. The molecule has 0 rings (SSSR count). The third-order valence-electron chi connectivity index (χ3n) is 1.27. The van der Waals surface area contributed by atoms with Crippen LogP contribution in [0.2, 0.25) is 0 Å². The lowest BCUT2D eigenvalue weighted by atomic mass is 10.4. The summed E-state index contributed by atoms with van der Waals surface area (Å²) >= 11 is 0. The Bertz CT molecular complexity index is 57.5. The molecule has 0 aliphatic heterocycles. The fraction of sp³-hybridized carbons (Fsp3) is 1.00. The monoisotopic (exact) mass is 161 g/mol. The molecular weight excluding hydrogens is 138 g/mol. The first-order chi connectivity index (χ1) is 5.31. The van der Waals surface area contributed by atoms with Crippen molar-refractivity contribution in [2.75, 3.05) is 13.7 Å². The first kappa shape index (κ1) is 13.5. The van der Waals surface area contributed by atoms with Crippen molar-refractivity contribution in [3.05, 3.63) is 0 Å². The predicted octanol–water partition coefficient (Wildman–Crippen LogP) is 2.39. The summed E-state index contributed by atoms with van der Waals surface area (Å²) in [5.41, 5.74) is 0. The molecule has 0 bridgehead atoms. The van der Waals surface area contributed by atoms with Gasteiger partial charge in [0.05, 0.1) is 0 Å². The van der Waals surface area contributed by atoms with Crippen molar-refractivity contribution < 1.29 is 4.74 Å². The van der Waals surface area contributed by atoms with Crippen LogP contribution in [0.4, 0.5) is 0 Å². The summed E-state index contributed by atoms with van der Waals surface area (Å²) in [6.45, 7) is 9.04. The van der Waals surface area contributed by atoms with Gasteiger partial charge < -0.3 is 4.74 Å². The summed E-state index contributed by atoms with van der Waals surface area (Å²) in [6, 6.07) is 0. The van der Waals surface area contributed by atoms with Crippen LogP contribution >= 0.6 is 0 Å². The third kappa shape index (κ3) is 13.0. The lowest BCUT2D eigenvalue weighted by Gasteiger charge is -2.10. The van der Waals surface area contributed by atoms with Gasteiger partial charge in [-0.15, -0.1) is 0 Å². The Morgan fingerprint density at radius 3 is 2.27 bits per heavy atom. The van der Waals surface area contributed by atoms with E-state index in [0.29, 0.717) is 0 Å². The van der Waals surface area contributed by atoms with Crippen LogP contribution in [-0.4, -0.2) is 19.9 Å². The Labute approximate surface area is 71.3 Å². The van der Waals surface area contributed by atoms with Gasteiger partial charge in [-0.3, -0.25) is 5.32 Å². The van der Waals surface area contributed by atoms with Crippen LogP contribution in [0, 0.1) is 0 Å². The van der Waals surface area contributed by atoms with Gasteiger partial charge in [0, 0.05) is 6.61 Å². The minimum atomic E-state index is 0.205. The first-order valence-electron chi connectivity index (χ1n) is 4.60. The number of unbranched alkanes of at least 4 members (excludes halogenated alkanes) is 1. The lowest BCUT2D eigenvalue weighted by Crippen LogP contribution is -2.24. The molecule has 1 N–H and O–H groups in total. The molecule has 0 fully saturated rings. The molecule has 2 nitrogen and oxygen atoms in total. The summed E-state index contributed by atoms with van der Waals surface area (Å²) in [5.74, 6) is 0. The quantitative estimate of drug-likeness (QED) is 0.494.